The van der Waals surface area contributed by atoms with Gasteiger partial charge in [0.2, 0.25) is 0 Å². The zero-order valence-corrected chi connectivity index (χ0v) is 12.9. The van der Waals surface area contributed by atoms with E-state index in [0.717, 1.165) is 22.4 Å². The Morgan fingerprint density at radius 1 is 1.14 bits per heavy atom. The third-order valence-electron chi connectivity index (χ3n) is 3.22. The number of rotatable bonds is 6. The third kappa shape index (κ3) is 4.46. The molecular weight excluding hydrogens is 274 g/mol. The number of aryl methyl sites for hydroxylation is 1. The largest absolute Gasteiger partial charge is 0.392 e. The van der Waals surface area contributed by atoms with Crippen LogP contribution in [0.4, 0.5) is 5.69 Å². The Kier molecular flexibility index (Phi) is 5.74. The van der Waals surface area contributed by atoms with Gasteiger partial charge >= 0.3 is 0 Å². The number of hydrogen-bond acceptors (Lipinski definition) is 4. The third-order valence-corrected chi connectivity index (χ3v) is 3.22. The minimum absolute atomic E-state index is 0.422. The summed E-state index contributed by atoms with van der Waals surface area (Å²) in [5, 5.41) is 5.59. The standard InChI is InChI=1S/C18H21N3O/c1-15-8-6-12-18(21(2)19)17(15)14-20-22-13-7-11-16-9-4-3-5-10-16/h3-12,14H,13,19H2,1-2H3/b11-7+,20-14?. The summed E-state index contributed by atoms with van der Waals surface area (Å²) < 4.78 is 0. The van der Waals surface area contributed by atoms with Crippen LogP contribution in [-0.4, -0.2) is 19.9 Å². The predicted octanol–water partition coefficient (Wildman–Crippen LogP) is 3.37. The quantitative estimate of drug-likeness (QED) is 0.385. The van der Waals surface area contributed by atoms with Crippen LogP contribution in [0.15, 0.2) is 59.8 Å². The van der Waals surface area contributed by atoms with E-state index >= 15 is 0 Å². The molecule has 0 fully saturated rings. The van der Waals surface area contributed by atoms with Crippen LogP contribution in [-0.2, 0) is 4.84 Å². The van der Waals surface area contributed by atoms with Crippen molar-refractivity contribution in [2.75, 3.05) is 18.7 Å². The first-order valence-electron chi connectivity index (χ1n) is 7.13. The Morgan fingerprint density at radius 3 is 2.64 bits per heavy atom. The van der Waals surface area contributed by atoms with Crippen molar-refractivity contribution >= 4 is 18.0 Å². The summed E-state index contributed by atoms with van der Waals surface area (Å²) in [6.07, 6.45) is 5.63. The van der Waals surface area contributed by atoms with E-state index in [4.69, 9.17) is 10.7 Å². The summed E-state index contributed by atoms with van der Waals surface area (Å²) in [6.45, 7) is 2.44. The molecule has 2 aromatic rings. The number of hydrogen-bond donors (Lipinski definition) is 1. The van der Waals surface area contributed by atoms with Crippen LogP contribution in [0.1, 0.15) is 16.7 Å². The molecular formula is C18H21N3O. The van der Waals surface area contributed by atoms with E-state index < -0.39 is 0 Å². The first kappa shape index (κ1) is 15.8. The van der Waals surface area contributed by atoms with E-state index in [0.29, 0.717) is 6.61 Å². The molecule has 0 saturated heterocycles. The lowest BCUT2D eigenvalue weighted by molar-refractivity contribution is 0.177. The first-order chi connectivity index (χ1) is 10.7. The maximum Gasteiger partial charge on any atom is 0.135 e. The van der Waals surface area contributed by atoms with Crippen LogP contribution in [0.3, 0.4) is 0 Å². The summed E-state index contributed by atoms with van der Waals surface area (Å²) in [5.41, 5.74) is 4.11. The number of nitrogens with two attached hydrogens (primary N) is 1. The summed E-state index contributed by atoms with van der Waals surface area (Å²) >= 11 is 0. The number of oxime groups is 1. The zero-order valence-electron chi connectivity index (χ0n) is 12.9. The van der Waals surface area contributed by atoms with Gasteiger partial charge < -0.3 is 9.85 Å². The Hall–Kier alpha value is -2.59. The van der Waals surface area contributed by atoms with Crippen molar-refractivity contribution in [2.45, 2.75) is 6.92 Å². The number of benzene rings is 2. The Balaban J connectivity index is 1.92. The molecule has 0 heterocycles. The first-order valence-corrected chi connectivity index (χ1v) is 7.13. The molecule has 2 rings (SSSR count). The molecule has 4 nitrogen and oxygen atoms in total. The van der Waals surface area contributed by atoms with Crippen molar-refractivity contribution in [3.8, 4) is 0 Å². The van der Waals surface area contributed by atoms with Crippen molar-refractivity contribution in [3.63, 3.8) is 0 Å². The second kappa shape index (κ2) is 8.00. The molecule has 0 amide bonds. The van der Waals surface area contributed by atoms with E-state index in [-0.39, 0.29) is 0 Å². The number of nitrogens with zero attached hydrogens (tertiary/aromatic N) is 2. The molecule has 0 aromatic heterocycles. The van der Waals surface area contributed by atoms with Crippen LogP contribution in [0, 0.1) is 6.92 Å². The van der Waals surface area contributed by atoms with Gasteiger partial charge in [-0.1, -0.05) is 53.7 Å². The molecule has 0 unspecified atom stereocenters. The summed E-state index contributed by atoms with van der Waals surface area (Å²) in [5.74, 6) is 5.82. The van der Waals surface area contributed by atoms with Gasteiger partial charge in [0.25, 0.3) is 0 Å². The molecule has 0 atom stereocenters. The predicted molar refractivity (Wildman–Crippen MR) is 92.8 cm³/mol. The van der Waals surface area contributed by atoms with Crippen molar-refractivity contribution in [2.24, 2.45) is 11.0 Å². The Morgan fingerprint density at radius 2 is 1.91 bits per heavy atom. The van der Waals surface area contributed by atoms with Crippen LogP contribution in [0.5, 0.6) is 0 Å². The fraction of sp³-hybridized carbons (Fsp3) is 0.167. The van der Waals surface area contributed by atoms with Crippen LogP contribution >= 0.6 is 0 Å². The zero-order chi connectivity index (χ0) is 15.8. The van der Waals surface area contributed by atoms with Gasteiger partial charge in [0.15, 0.2) is 0 Å². The van der Waals surface area contributed by atoms with Crippen molar-refractivity contribution < 1.29 is 4.84 Å². The van der Waals surface area contributed by atoms with Crippen LogP contribution in [0.2, 0.25) is 0 Å². The lowest BCUT2D eigenvalue weighted by atomic mass is 10.1. The minimum Gasteiger partial charge on any atom is -0.392 e. The molecule has 22 heavy (non-hydrogen) atoms. The van der Waals surface area contributed by atoms with Crippen LogP contribution in [0.25, 0.3) is 6.08 Å². The monoisotopic (exact) mass is 295 g/mol. The average molecular weight is 295 g/mol. The van der Waals surface area contributed by atoms with Gasteiger partial charge in [0.1, 0.15) is 6.61 Å². The second-order valence-electron chi connectivity index (χ2n) is 4.96. The highest BCUT2D eigenvalue weighted by Crippen LogP contribution is 2.19. The molecule has 0 radical (unpaired) electrons. The Labute approximate surface area is 131 Å². The highest BCUT2D eigenvalue weighted by atomic mass is 16.6. The molecule has 114 valence electrons. The van der Waals surface area contributed by atoms with E-state index in [2.05, 4.69) is 5.16 Å². The second-order valence-corrected chi connectivity index (χ2v) is 4.96. The maximum atomic E-state index is 5.82. The summed E-state index contributed by atoms with van der Waals surface area (Å²) in [4.78, 5) is 5.27. The topological polar surface area (TPSA) is 50.8 Å². The molecule has 2 N–H and O–H groups in total. The van der Waals surface area contributed by atoms with Gasteiger partial charge in [-0.3, -0.25) is 0 Å². The van der Waals surface area contributed by atoms with Gasteiger partial charge in [-0.15, -0.1) is 0 Å². The van der Waals surface area contributed by atoms with Crippen molar-refractivity contribution in [3.05, 3.63) is 71.3 Å². The maximum absolute atomic E-state index is 5.82. The smallest absolute Gasteiger partial charge is 0.135 e. The number of anilines is 1. The average Bonchev–Trinajstić information content (AvgIpc) is 2.52. The molecule has 0 aliphatic carbocycles. The molecule has 0 aliphatic rings. The highest BCUT2D eigenvalue weighted by molar-refractivity contribution is 5.89. The lowest BCUT2D eigenvalue weighted by Crippen LogP contribution is -2.26. The van der Waals surface area contributed by atoms with Gasteiger partial charge in [-0.05, 0) is 30.2 Å². The fourth-order valence-electron chi connectivity index (χ4n) is 2.07. The van der Waals surface area contributed by atoms with E-state index in [1.165, 1.54) is 0 Å². The van der Waals surface area contributed by atoms with E-state index in [1.807, 2.05) is 67.6 Å². The molecule has 0 spiro atoms. The molecule has 0 saturated carbocycles. The van der Waals surface area contributed by atoms with Crippen molar-refractivity contribution in [1.29, 1.82) is 0 Å². The fourth-order valence-corrected chi connectivity index (χ4v) is 2.07. The molecule has 0 bridgehead atoms. The lowest BCUT2D eigenvalue weighted by Gasteiger charge is -2.16. The van der Waals surface area contributed by atoms with E-state index in [9.17, 15) is 0 Å². The molecule has 2 aromatic carbocycles. The SMILES string of the molecule is Cc1cccc(N(C)N)c1C=NOC/C=C/c1ccccc1. The molecule has 0 aliphatic heterocycles. The van der Waals surface area contributed by atoms with Gasteiger partial charge in [-0.2, -0.15) is 0 Å². The Bertz CT molecular complexity index is 649. The van der Waals surface area contributed by atoms with Gasteiger partial charge in [0, 0.05) is 12.6 Å². The molecule has 4 heteroatoms. The normalized spacial score (nSPS) is 11.2. The van der Waals surface area contributed by atoms with Crippen LogP contribution < -0.4 is 10.9 Å². The summed E-state index contributed by atoms with van der Waals surface area (Å²) in [7, 11) is 1.80. The van der Waals surface area contributed by atoms with Crippen molar-refractivity contribution in [1.82, 2.24) is 0 Å². The number of hydrazine groups is 1. The van der Waals surface area contributed by atoms with Gasteiger partial charge in [0.05, 0.1) is 11.9 Å². The summed E-state index contributed by atoms with van der Waals surface area (Å²) in [6, 6.07) is 16.0. The highest BCUT2D eigenvalue weighted by Gasteiger charge is 2.05. The minimum atomic E-state index is 0.422. The van der Waals surface area contributed by atoms with E-state index in [1.54, 1.807) is 18.3 Å². The van der Waals surface area contributed by atoms with Gasteiger partial charge in [-0.25, -0.2) is 5.84 Å².